The molecule has 1 aliphatic heterocycles. The summed E-state index contributed by atoms with van der Waals surface area (Å²) in [6, 6.07) is 14.9. The molecule has 1 aromatic heterocycles. The molecule has 2 heterocycles. The molecule has 0 bridgehead atoms. The molecule has 0 saturated heterocycles. The number of allylic oxidation sites excluding steroid dienone is 1. The zero-order valence-corrected chi connectivity index (χ0v) is 17.3. The third-order valence-corrected chi connectivity index (χ3v) is 6.21. The van der Waals surface area contributed by atoms with Gasteiger partial charge in [-0.05, 0) is 17.7 Å². The van der Waals surface area contributed by atoms with E-state index in [0.29, 0.717) is 28.2 Å². The van der Waals surface area contributed by atoms with Gasteiger partial charge in [0.1, 0.15) is 5.82 Å². The number of aromatic nitrogens is 2. The Labute approximate surface area is 174 Å². The summed E-state index contributed by atoms with van der Waals surface area (Å²) in [6.45, 7) is 0. The molecule has 7 heteroatoms. The standard InChI is InChI=1S/C22H16BrN3O3/c1-25-20-17(21(28)26(2)22(25)29)15(11-7-9-12(23)10-8-11)16-18(24-20)13-5-3-4-6-14(13)19(16)27/h3-10,15,24H,1-2H3/t15-/m1/s1. The molecule has 2 aromatic carbocycles. The minimum absolute atomic E-state index is 0.0995. The van der Waals surface area contributed by atoms with Gasteiger partial charge < -0.3 is 5.32 Å². The minimum Gasteiger partial charge on any atom is -0.340 e. The molecule has 0 radical (unpaired) electrons. The molecule has 144 valence electrons. The third-order valence-electron chi connectivity index (χ3n) is 5.68. The molecule has 29 heavy (non-hydrogen) atoms. The highest BCUT2D eigenvalue weighted by molar-refractivity contribution is 9.10. The third kappa shape index (κ3) is 2.37. The van der Waals surface area contributed by atoms with Crippen LogP contribution in [0.3, 0.4) is 0 Å². The van der Waals surface area contributed by atoms with Gasteiger partial charge in [0, 0.05) is 41.2 Å². The predicted molar refractivity (Wildman–Crippen MR) is 114 cm³/mol. The van der Waals surface area contributed by atoms with Gasteiger partial charge >= 0.3 is 5.69 Å². The van der Waals surface area contributed by atoms with Crippen molar-refractivity contribution in [2.24, 2.45) is 14.1 Å². The number of hydrogen-bond acceptors (Lipinski definition) is 4. The van der Waals surface area contributed by atoms with E-state index in [0.717, 1.165) is 20.2 Å². The number of fused-ring (bicyclic) bond motifs is 3. The summed E-state index contributed by atoms with van der Waals surface area (Å²) in [5.74, 6) is -0.244. The zero-order chi connectivity index (χ0) is 20.4. The Hall–Kier alpha value is -3.19. The summed E-state index contributed by atoms with van der Waals surface area (Å²) in [5.41, 5.74) is 2.98. The van der Waals surface area contributed by atoms with E-state index in [2.05, 4.69) is 21.2 Å². The molecule has 1 atom stereocenters. The van der Waals surface area contributed by atoms with E-state index < -0.39 is 17.2 Å². The Morgan fingerprint density at radius 2 is 1.55 bits per heavy atom. The highest BCUT2D eigenvalue weighted by Gasteiger charge is 2.42. The van der Waals surface area contributed by atoms with E-state index in [1.807, 2.05) is 42.5 Å². The van der Waals surface area contributed by atoms with E-state index in [1.165, 1.54) is 11.6 Å². The van der Waals surface area contributed by atoms with Gasteiger partial charge in [0.15, 0.2) is 5.78 Å². The average molecular weight is 450 g/mol. The van der Waals surface area contributed by atoms with Crippen molar-refractivity contribution in [3.63, 3.8) is 0 Å². The van der Waals surface area contributed by atoms with Gasteiger partial charge in [-0.1, -0.05) is 52.3 Å². The molecule has 5 rings (SSSR count). The fraction of sp³-hybridized carbons (Fsp3) is 0.136. The van der Waals surface area contributed by atoms with Gasteiger partial charge in [0.2, 0.25) is 0 Å². The predicted octanol–water partition coefficient (Wildman–Crippen LogP) is 3.01. The van der Waals surface area contributed by atoms with E-state index in [9.17, 15) is 14.4 Å². The lowest BCUT2D eigenvalue weighted by atomic mass is 9.81. The lowest BCUT2D eigenvalue weighted by Crippen LogP contribution is -2.42. The lowest BCUT2D eigenvalue weighted by molar-refractivity contribution is 0.103. The number of Topliss-reactive ketones (excluding diaryl/α,β-unsaturated/α-hetero) is 1. The van der Waals surface area contributed by atoms with Crippen molar-refractivity contribution in [1.29, 1.82) is 0 Å². The second-order valence-corrected chi connectivity index (χ2v) is 8.16. The Kier molecular flexibility index (Phi) is 3.79. The van der Waals surface area contributed by atoms with Crippen molar-refractivity contribution in [1.82, 2.24) is 9.13 Å². The number of nitrogens with zero attached hydrogens (tertiary/aromatic N) is 2. The van der Waals surface area contributed by atoms with E-state index in [-0.39, 0.29) is 5.78 Å². The van der Waals surface area contributed by atoms with Crippen LogP contribution in [0.15, 0.2) is 68.2 Å². The Balaban J connectivity index is 1.89. The second kappa shape index (κ2) is 6.15. The maximum Gasteiger partial charge on any atom is 0.332 e. The molecule has 0 unspecified atom stereocenters. The molecule has 0 fully saturated rings. The number of benzene rings is 2. The molecule has 1 aliphatic carbocycles. The van der Waals surface area contributed by atoms with E-state index in [4.69, 9.17) is 0 Å². The highest BCUT2D eigenvalue weighted by atomic mass is 79.9. The number of carbonyl (C=O) groups is 1. The fourth-order valence-electron chi connectivity index (χ4n) is 4.25. The second-order valence-electron chi connectivity index (χ2n) is 7.24. The zero-order valence-electron chi connectivity index (χ0n) is 15.7. The topological polar surface area (TPSA) is 73.1 Å². The summed E-state index contributed by atoms with van der Waals surface area (Å²) in [5, 5.41) is 3.23. The first-order chi connectivity index (χ1) is 13.9. The first kappa shape index (κ1) is 17.9. The highest BCUT2D eigenvalue weighted by Crippen LogP contribution is 2.47. The molecular formula is C22H16BrN3O3. The van der Waals surface area contributed by atoms with Gasteiger partial charge in [-0.15, -0.1) is 0 Å². The molecule has 3 aromatic rings. The van der Waals surface area contributed by atoms with Gasteiger partial charge in [-0.25, -0.2) is 4.79 Å². The fourth-order valence-corrected chi connectivity index (χ4v) is 4.51. The van der Waals surface area contributed by atoms with Gasteiger partial charge in [0.25, 0.3) is 5.56 Å². The van der Waals surface area contributed by atoms with Crippen LogP contribution in [0.5, 0.6) is 0 Å². The normalized spacial score (nSPS) is 16.9. The molecule has 6 nitrogen and oxygen atoms in total. The maximum atomic E-state index is 13.4. The molecule has 1 N–H and O–H groups in total. The van der Waals surface area contributed by atoms with Crippen molar-refractivity contribution in [2.75, 3.05) is 5.32 Å². The van der Waals surface area contributed by atoms with Gasteiger partial charge in [-0.3, -0.25) is 18.7 Å². The van der Waals surface area contributed by atoms with E-state index >= 15 is 0 Å². The number of rotatable bonds is 1. The summed E-state index contributed by atoms with van der Waals surface area (Å²) in [7, 11) is 3.08. The Bertz CT molecular complexity index is 1360. The number of halogens is 1. The number of anilines is 1. The van der Waals surface area contributed by atoms with Crippen molar-refractivity contribution in [2.45, 2.75) is 5.92 Å². The van der Waals surface area contributed by atoms with Crippen molar-refractivity contribution < 1.29 is 4.79 Å². The van der Waals surface area contributed by atoms with Gasteiger partial charge in [0.05, 0.1) is 11.3 Å². The number of nitrogens with one attached hydrogen (secondary N) is 1. The Morgan fingerprint density at radius 1 is 0.897 bits per heavy atom. The van der Waals surface area contributed by atoms with Crippen LogP contribution in [0.4, 0.5) is 5.82 Å². The lowest BCUT2D eigenvalue weighted by Gasteiger charge is -2.29. The monoisotopic (exact) mass is 449 g/mol. The molecular weight excluding hydrogens is 434 g/mol. The molecule has 0 saturated carbocycles. The van der Waals surface area contributed by atoms with Crippen molar-refractivity contribution in [3.8, 4) is 0 Å². The SMILES string of the molecule is Cn1c2c(c(=O)n(C)c1=O)[C@H](c1ccc(Br)cc1)C1=C(N2)c2ccccc2C1=O. The van der Waals surface area contributed by atoms with Crippen LogP contribution in [-0.4, -0.2) is 14.9 Å². The van der Waals surface area contributed by atoms with Crippen LogP contribution in [0, 0.1) is 0 Å². The molecule has 2 aliphatic rings. The first-order valence-corrected chi connectivity index (χ1v) is 9.90. The maximum absolute atomic E-state index is 13.4. The number of ketones is 1. The van der Waals surface area contributed by atoms with Crippen LogP contribution in [0.2, 0.25) is 0 Å². The quantitative estimate of drug-likeness (QED) is 0.619. The van der Waals surface area contributed by atoms with Crippen molar-refractivity contribution >= 4 is 33.2 Å². The van der Waals surface area contributed by atoms with Crippen LogP contribution in [0.1, 0.15) is 33.0 Å². The smallest absolute Gasteiger partial charge is 0.332 e. The minimum atomic E-state index is -0.570. The number of hydrogen-bond donors (Lipinski definition) is 1. The summed E-state index contributed by atoms with van der Waals surface area (Å²) >= 11 is 3.44. The Morgan fingerprint density at radius 3 is 2.24 bits per heavy atom. The van der Waals surface area contributed by atoms with Crippen LogP contribution in [0.25, 0.3) is 5.70 Å². The molecule has 0 amide bonds. The van der Waals surface area contributed by atoms with Gasteiger partial charge in [-0.2, -0.15) is 0 Å². The van der Waals surface area contributed by atoms with Crippen molar-refractivity contribution in [3.05, 3.63) is 102 Å². The average Bonchev–Trinajstić information content (AvgIpc) is 3.02. The molecule has 0 spiro atoms. The van der Waals surface area contributed by atoms with E-state index in [1.54, 1.807) is 13.1 Å². The summed E-state index contributed by atoms with van der Waals surface area (Å²) in [6.07, 6.45) is 0. The van der Waals surface area contributed by atoms with Crippen LogP contribution in [-0.2, 0) is 14.1 Å². The summed E-state index contributed by atoms with van der Waals surface area (Å²) in [4.78, 5) is 39.1. The van der Waals surface area contributed by atoms with Crippen LogP contribution >= 0.6 is 15.9 Å². The number of carbonyl (C=O) groups excluding carboxylic acids is 1. The van der Waals surface area contributed by atoms with Crippen LogP contribution < -0.4 is 16.6 Å². The first-order valence-electron chi connectivity index (χ1n) is 9.10. The summed E-state index contributed by atoms with van der Waals surface area (Å²) < 4.78 is 3.42. The largest absolute Gasteiger partial charge is 0.340 e.